The van der Waals surface area contributed by atoms with Gasteiger partial charge in [-0.1, -0.05) is 41.9 Å². The van der Waals surface area contributed by atoms with E-state index in [1.165, 1.54) is 5.69 Å². The Morgan fingerprint density at radius 1 is 0.929 bits per heavy atom. The molecule has 0 spiro atoms. The number of amides is 2. The van der Waals surface area contributed by atoms with Gasteiger partial charge in [0.1, 0.15) is 0 Å². The normalized spacial score (nSPS) is 21.3. The third-order valence-electron chi connectivity index (χ3n) is 5.54. The van der Waals surface area contributed by atoms with Gasteiger partial charge in [-0.2, -0.15) is 0 Å². The minimum atomic E-state index is -0.188. The maximum atomic E-state index is 12.7. The van der Waals surface area contributed by atoms with Crippen molar-refractivity contribution < 1.29 is 9.59 Å². The lowest BCUT2D eigenvalue weighted by molar-refractivity contribution is -0.135. The summed E-state index contributed by atoms with van der Waals surface area (Å²) < 4.78 is 0. The molecule has 0 aromatic heterocycles. The van der Waals surface area contributed by atoms with Gasteiger partial charge < -0.3 is 15.1 Å². The van der Waals surface area contributed by atoms with Gasteiger partial charge in [-0.25, -0.2) is 0 Å². The van der Waals surface area contributed by atoms with E-state index in [1.54, 1.807) is 0 Å². The van der Waals surface area contributed by atoms with Crippen LogP contribution >= 0.6 is 11.6 Å². The first-order valence-electron chi connectivity index (χ1n) is 9.73. The Hall–Kier alpha value is -2.53. The second-order valence-corrected chi connectivity index (χ2v) is 7.88. The van der Waals surface area contributed by atoms with Crippen molar-refractivity contribution in [2.24, 2.45) is 11.8 Å². The van der Waals surface area contributed by atoms with Crippen molar-refractivity contribution in [1.82, 2.24) is 10.2 Å². The van der Waals surface area contributed by atoms with E-state index in [0.29, 0.717) is 31.1 Å². The molecule has 146 valence electrons. The minimum Gasteiger partial charge on any atom is -0.368 e. The number of benzene rings is 2. The van der Waals surface area contributed by atoms with E-state index < -0.39 is 0 Å². The highest BCUT2D eigenvalue weighted by Gasteiger charge is 2.49. The lowest BCUT2D eigenvalue weighted by Gasteiger charge is -2.36. The number of nitrogens with zero attached hydrogens (tertiary/aromatic N) is 2. The van der Waals surface area contributed by atoms with Crippen LogP contribution in [0.5, 0.6) is 0 Å². The van der Waals surface area contributed by atoms with Gasteiger partial charge in [-0.3, -0.25) is 9.59 Å². The second-order valence-electron chi connectivity index (χ2n) is 7.44. The molecule has 2 amide bonds. The first-order chi connectivity index (χ1) is 13.6. The van der Waals surface area contributed by atoms with Crippen LogP contribution < -0.4 is 10.2 Å². The first kappa shape index (κ1) is 18.8. The zero-order valence-corrected chi connectivity index (χ0v) is 16.4. The Morgan fingerprint density at radius 3 is 2.29 bits per heavy atom. The molecular formula is C22H24ClN3O2. The first-order valence-corrected chi connectivity index (χ1v) is 10.1. The summed E-state index contributed by atoms with van der Waals surface area (Å²) in [4.78, 5) is 29.3. The summed E-state index contributed by atoms with van der Waals surface area (Å²) in [5.74, 6) is -0.254. The maximum Gasteiger partial charge on any atom is 0.226 e. The van der Waals surface area contributed by atoms with Gasteiger partial charge in [0.15, 0.2) is 0 Å². The average Bonchev–Trinajstić information content (AvgIpc) is 3.54. The largest absolute Gasteiger partial charge is 0.368 e. The molecule has 1 aliphatic heterocycles. The van der Waals surface area contributed by atoms with Crippen molar-refractivity contribution in [3.63, 3.8) is 0 Å². The molecule has 28 heavy (non-hydrogen) atoms. The van der Waals surface area contributed by atoms with Crippen molar-refractivity contribution in [2.75, 3.05) is 31.1 Å². The predicted molar refractivity (Wildman–Crippen MR) is 110 cm³/mol. The van der Waals surface area contributed by atoms with Crippen LogP contribution in [0.15, 0.2) is 54.6 Å². The number of carbonyl (C=O) groups excluding carboxylic acids is 2. The number of para-hydroxylation sites is 1. The van der Waals surface area contributed by atoms with Crippen LogP contribution in [0, 0.1) is 11.8 Å². The van der Waals surface area contributed by atoms with Gasteiger partial charge >= 0.3 is 0 Å². The molecule has 2 atom stereocenters. The molecule has 2 unspecified atom stereocenters. The Balaban J connectivity index is 1.23. The molecule has 4 rings (SSSR count). The summed E-state index contributed by atoms with van der Waals surface area (Å²) >= 11 is 5.87. The topological polar surface area (TPSA) is 52.7 Å². The summed E-state index contributed by atoms with van der Waals surface area (Å²) in [7, 11) is 0. The fraction of sp³-hybridized carbons (Fsp3) is 0.364. The van der Waals surface area contributed by atoms with Crippen LogP contribution in [0.4, 0.5) is 5.69 Å². The van der Waals surface area contributed by atoms with Gasteiger partial charge in [-0.15, -0.1) is 0 Å². The third kappa shape index (κ3) is 4.30. The van der Waals surface area contributed by atoms with Crippen molar-refractivity contribution in [3.8, 4) is 0 Å². The summed E-state index contributed by atoms with van der Waals surface area (Å²) in [5.41, 5.74) is 2.19. The van der Waals surface area contributed by atoms with Crippen LogP contribution in [-0.2, 0) is 16.1 Å². The molecule has 1 aliphatic carbocycles. The van der Waals surface area contributed by atoms with E-state index in [9.17, 15) is 9.59 Å². The van der Waals surface area contributed by atoms with E-state index in [2.05, 4.69) is 22.3 Å². The number of hydrogen-bond donors (Lipinski definition) is 1. The molecule has 5 nitrogen and oxygen atoms in total. The number of hydrogen-bond acceptors (Lipinski definition) is 3. The Morgan fingerprint density at radius 2 is 1.61 bits per heavy atom. The number of halogens is 1. The highest BCUT2D eigenvalue weighted by atomic mass is 35.5. The third-order valence-corrected chi connectivity index (χ3v) is 5.79. The Labute approximate surface area is 170 Å². The van der Waals surface area contributed by atoms with Crippen molar-refractivity contribution in [1.29, 1.82) is 0 Å². The second kappa shape index (κ2) is 8.23. The minimum absolute atomic E-state index is 0.0313. The highest BCUT2D eigenvalue weighted by Crippen LogP contribution is 2.40. The molecule has 2 aliphatic rings. The van der Waals surface area contributed by atoms with E-state index in [0.717, 1.165) is 18.7 Å². The zero-order valence-electron chi connectivity index (χ0n) is 15.7. The quantitative estimate of drug-likeness (QED) is 0.844. The molecular weight excluding hydrogens is 374 g/mol. The van der Waals surface area contributed by atoms with Crippen LogP contribution in [0.2, 0.25) is 5.02 Å². The van der Waals surface area contributed by atoms with E-state index in [4.69, 9.17) is 11.6 Å². The number of piperazine rings is 1. The molecule has 6 heteroatoms. The monoisotopic (exact) mass is 397 g/mol. The van der Waals surface area contributed by atoms with Gasteiger partial charge in [0.25, 0.3) is 0 Å². The Kier molecular flexibility index (Phi) is 5.53. The van der Waals surface area contributed by atoms with Gasteiger partial charge in [-0.05, 0) is 36.2 Å². The van der Waals surface area contributed by atoms with Crippen molar-refractivity contribution >= 4 is 29.1 Å². The van der Waals surface area contributed by atoms with E-state index >= 15 is 0 Å². The van der Waals surface area contributed by atoms with Crippen LogP contribution in [-0.4, -0.2) is 42.9 Å². The van der Waals surface area contributed by atoms with Gasteiger partial charge in [0, 0.05) is 43.4 Å². The number of carbonyl (C=O) groups is 2. The van der Waals surface area contributed by atoms with Gasteiger partial charge in [0.2, 0.25) is 11.8 Å². The smallest absolute Gasteiger partial charge is 0.226 e. The van der Waals surface area contributed by atoms with Crippen LogP contribution in [0.25, 0.3) is 0 Å². The molecule has 2 aromatic carbocycles. The maximum absolute atomic E-state index is 12.7. The summed E-state index contributed by atoms with van der Waals surface area (Å²) in [6, 6.07) is 17.7. The molecule has 0 bridgehead atoms. The predicted octanol–water partition coefficient (Wildman–Crippen LogP) is 2.94. The SMILES string of the molecule is O=C(NCc1ccc(Cl)cc1)C1CC1C(=O)N1CCN(c2ccccc2)CC1. The molecule has 1 heterocycles. The summed E-state index contributed by atoms with van der Waals surface area (Å²) in [6.07, 6.45) is 0.657. The van der Waals surface area contributed by atoms with Crippen molar-refractivity contribution in [2.45, 2.75) is 13.0 Å². The number of anilines is 1. The lowest BCUT2D eigenvalue weighted by Crippen LogP contribution is -2.49. The molecule has 2 fully saturated rings. The fourth-order valence-corrected chi connectivity index (χ4v) is 3.86. The molecule has 2 aromatic rings. The van der Waals surface area contributed by atoms with Crippen molar-refractivity contribution in [3.05, 3.63) is 65.2 Å². The van der Waals surface area contributed by atoms with E-state index in [-0.39, 0.29) is 23.7 Å². The average molecular weight is 398 g/mol. The lowest BCUT2D eigenvalue weighted by atomic mass is 10.2. The fourth-order valence-electron chi connectivity index (χ4n) is 3.74. The standard InChI is InChI=1S/C22H24ClN3O2/c23-17-8-6-16(7-9-17)15-24-21(27)19-14-20(19)22(28)26-12-10-25(11-13-26)18-4-2-1-3-5-18/h1-9,19-20H,10-15H2,(H,24,27). The summed E-state index contributed by atoms with van der Waals surface area (Å²) in [5, 5.41) is 3.61. The molecule has 0 radical (unpaired) electrons. The summed E-state index contributed by atoms with van der Waals surface area (Å²) in [6.45, 7) is 3.54. The van der Waals surface area contributed by atoms with Gasteiger partial charge in [0.05, 0.1) is 11.8 Å². The highest BCUT2D eigenvalue weighted by molar-refractivity contribution is 6.30. The molecule has 1 saturated heterocycles. The molecule has 1 saturated carbocycles. The van der Waals surface area contributed by atoms with Crippen LogP contribution in [0.1, 0.15) is 12.0 Å². The molecule has 1 N–H and O–H groups in total. The van der Waals surface area contributed by atoms with Crippen LogP contribution in [0.3, 0.4) is 0 Å². The Bertz CT molecular complexity index is 833. The zero-order chi connectivity index (χ0) is 19.5. The van der Waals surface area contributed by atoms with E-state index in [1.807, 2.05) is 47.4 Å². The number of rotatable bonds is 5. The number of nitrogens with one attached hydrogen (secondary N) is 1.